The van der Waals surface area contributed by atoms with Gasteiger partial charge in [-0.25, -0.2) is 0 Å². The van der Waals surface area contributed by atoms with Crippen molar-refractivity contribution in [3.05, 3.63) is 12.2 Å². The van der Waals surface area contributed by atoms with Gasteiger partial charge >= 0.3 is 5.97 Å². The minimum atomic E-state index is -1.29. The fraction of sp³-hybridized carbons (Fsp3) is 0.780. The minimum Gasteiger partial charge on any atom is -0.461 e. The molecule has 78 heavy (non-hydrogen) atoms. The molecule has 0 heterocycles. The molecule has 5 N–H and O–H groups in total. The van der Waals surface area contributed by atoms with E-state index in [0.29, 0.717) is 12.8 Å². The summed E-state index contributed by atoms with van der Waals surface area (Å²) < 4.78 is 5.81. The number of ether oxygens (including phenoxy) is 1. The molecule has 0 unspecified atom stereocenters. The van der Waals surface area contributed by atoms with E-state index in [1.807, 2.05) is 74.5 Å². The molecule has 0 aromatic carbocycles. The van der Waals surface area contributed by atoms with Crippen LogP contribution in [0.2, 0.25) is 0 Å². The Kier molecular flexibility index (Phi) is 32.9. The number of nitrogens with two attached hydrogens (primary N) is 1. The molecule has 19 nitrogen and oxygen atoms in total. The number of hydrogen-bond acceptors (Lipinski definition) is 13. The summed E-state index contributed by atoms with van der Waals surface area (Å²) in [5.41, 5.74) is 6.15. The lowest BCUT2D eigenvalue weighted by atomic mass is 9.82. The highest BCUT2D eigenvalue weighted by Crippen LogP contribution is 2.30. The molecule has 0 spiro atoms. The molecule has 0 radical (unpaired) electrons. The van der Waals surface area contributed by atoms with Crippen molar-refractivity contribution in [2.45, 2.75) is 217 Å². The maximum Gasteiger partial charge on any atom is 0.302 e. The summed E-state index contributed by atoms with van der Waals surface area (Å²) in [7, 11) is 5.96. The molecule has 6 amide bonds. The quantitative estimate of drug-likeness (QED) is 0.0410. The number of likely N-dealkylation sites (N-methyl/N-ethyl adjacent to an activating group) is 3. The van der Waals surface area contributed by atoms with Gasteiger partial charge < -0.3 is 41.1 Å². The van der Waals surface area contributed by atoms with E-state index in [9.17, 15) is 52.7 Å². The Morgan fingerprint density at radius 2 is 1.10 bits per heavy atom. The fourth-order valence-corrected chi connectivity index (χ4v) is 9.86. The molecule has 0 saturated carbocycles. The van der Waals surface area contributed by atoms with Gasteiger partial charge in [0.25, 0.3) is 0 Å². The number of esters is 1. The van der Waals surface area contributed by atoms with Crippen LogP contribution in [-0.4, -0.2) is 150 Å². The Balaban J connectivity index is 6.89. The summed E-state index contributed by atoms with van der Waals surface area (Å²) in [5, 5.41) is 7.97. The lowest BCUT2D eigenvalue weighted by molar-refractivity contribution is -0.157. The van der Waals surface area contributed by atoms with Crippen molar-refractivity contribution in [3.63, 3.8) is 0 Å². The van der Waals surface area contributed by atoms with Crippen LogP contribution in [0.3, 0.4) is 0 Å². The van der Waals surface area contributed by atoms with Crippen molar-refractivity contribution in [1.82, 2.24) is 30.7 Å². The number of ketones is 4. The van der Waals surface area contributed by atoms with Crippen molar-refractivity contribution < 1.29 is 57.5 Å². The summed E-state index contributed by atoms with van der Waals surface area (Å²) in [4.78, 5) is 155. The van der Waals surface area contributed by atoms with Crippen LogP contribution < -0.4 is 21.7 Å². The zero-order valence-electron chi connectivity index (χ0n) is 51.3. The molecule has 0 bridgehead atoms. The first-order valence-electron chi connectivity index (χ1n) is 28.4. The first kappa shape index (κ1) is 72.7. The van der Waals surface area contributed by atoms with Crippen LogP contribution in [0, 0.1) is 53.3 Å². The average molecular weight is 1100 g/mol. The zero-order valence-corrected chi connectivity index (χ0v) is 51.3. The van der Waals surface area contributed by atoms with E-state index in [2.05, 4.69) is 16.0 Å². The molecular weight excluding hydrogens is 999 g/mol. The topological polar surface area (TPSA) is 269 Å². The van der Waals surface area contributed by atoms with Gasteiger partial charge in [0, 0.05) is 79.1 Å². The van der Waals surface area contributed by atoms with Crippen LogP contribution in [0.1, 0.15) is 175 Å². The molecule has 0 aliphatic carbocycles. The summed E-state index contributed by atoms with van der Waals surface area (Å²) in [6.45, 7) is 28.2. The molecule has 19 heteroatoms. The number of allylic oxidation sites excluding steroid dienone is 2. The SMILES string of the molecule is C/C=C/C[C@@H](C)[C@@H](OC(C)=O)[C@H](CC(=O)[C@H](C(C)C)N(C)C(=O)[C@@H](CC(=O)[C@H](CC(C)C)N(C)C(=O)[C@@H](C)NC(=O)[C@H](C)CC(=O)[C@H](CC(C)C)N(C)C(=O)[C@@H](N)C(C)C)CC(C)C)C(=O)N[C@@H](CC)C(=O)CCC(=O)NC. The zero-order chi connectivity index (χ0) is 60.6. The second-order valence-electron chi connectivity index (χ2n) is 23.6. The molecule has 11 atom stereocenters. The summed E-state index contributed by atoms with van der Waals surface area (Å²) in [6.07, 6.45) is 2.80. The van der Waals surface area contributed by atoms with Crippen LogP contribution in [0.15, 0.2) is 12.2 Å². The Morgan fingerprint density at radius 1 is 0.590 bits per heavy atom. The number of nitrogens with zero attached hydrogens (tertiary/aromatic N) is 3. The van der Waals surface area contributed by atoms with Crippen LogP contribution in [0.25, 0.3) is 0 Å². The second-order valence-corrected chi connectivity index (χ2v) is 23.6. The largest absolute Gasteiger partial charge is 0.461 e. The van der Waals surface area contributed by atoms with Gasteiger partial charge in [-0.15, -0.1) is 0 Å². The first-order valence-corrected chi connectivity index (χ1v) is 28.4. The third-order valence-corrected chi connectivity index (χ3v) is 14.5. The number of amides is 6. The molecule has 0 saturated heterocycles. The van der Waals surface area contributed by atoms with Crippen molar-refractivity contribution in [1.29, 1.82) is 0 Å². The van der Waals surface area contributed by atoms with Crippen LogP contribution in [0.5, 0.6) is 0 Å². The number of carbonyl (C=O) groups excluding carboxylic acids is 11. The van der Waals surface area contributed by atoms with Gasteiger partial charge in [0.15, 0.2) is 23.1 Å². The lowest BCUT2D eigenvalue weighted by Crippen LogP contribution is -2.54. The maximum absolute atomic E-state index is 14.8. The van der Waals surface area contributed by atoms with Gasteiger partial charge in [-0.1, -0.05) is 102 Å². The van der Waals surface area contributed by atoms with Gasteiger partial charge in [-0.2, -0.15) is 0 Å². The summed E-state index contributed by atoms with van der Waals surface area (Å²) in [6, 6.07) is -5.83. The molecule has 0 aromatic rings. The predicted molar refractivity (Wildman–Crippen MR) is 303 cm³/mol. The Morgan fingerprint density at radius 3 is 1.55 bits per heavy atom. The molecule has 0 aromatic heterocycles. The average Bonchev–Trinajstić information content (AvgIpc) is 3.35. The normalized spacial score (nSPS) is 16.0. The third kappa shape index (κ3) is 24.0. The molecule has 0 aliphatic rings. The summed E-state index contributed by atoms with van der Waals surface area (Å²) in [5.74, 6) is -9.63. The number of hydrogen-bond donors (Lipinski definition) is 4. The minimum absolute atomic E-state index is 0.0554. The van der Waals surface area contributed by atoms with Crippen LogP contribution >= 0.6 is 0 Å². The molecule has 0 rings (SSSR count). The third-order valence-electron chi connectivity index (χ3n) is 14.5. The molecule has 0 fully saturated rings. The van der Waals surface area contributed by atoms with Crippen molar-refractivity contribution >= 4 is 64.5 Å². The predicted octanol–water partition coefficient (Wildman–Crippen LogP) is 6.02. The smallest absolute Gasteiger partial charge is 0.302 e. The van der Waals surface area contributed by atoms with Gasteiger partial charge in [0.2, 0.25) is 35.4 Å². The number of nitrogens with one attached hydrogen (secondary N) is 3. The second kappa shape index (κ2) is 35.3. The maximum atomic E-state index is 14.8. The van der Waals surface area contributed by atoms with Crippen LogP contribution in [-0.2, 0) is 57.5 Å². The highest BCUT2D eigenvalue weighted by atomic mass is 16.5. The van der Waals surface area contributed by atoms with Gasteiger partial charge in [0.1, 0.15) is 12.1 Å². The van der Waals surface area contributed by atoms with E-state index in [1.54, 1.807) is 41.7 Å². The van der Waals surface area contributed by atoms with Gasteiger partial charge in [-0.05, 0) is 81.5 Å². The highest BCUT2D eigenvalue weighted by molar-refractivity contribution is 5.98. The van der Waals surface area contributed by atoms with E-state index in [-0.39, 0.29) is 92.0 Å². The molecular formula is C59H103N7O12. The van der Waals surface area contributed by atoms with E-state index >= 15 is 0 Å². The molecule has 0 aliphatic heterocycles. The highest BCUT2D eigenvalue weighted by Gasteiger charge is 2.43. The summed E-state index contributed by atoms with van der Waals surface area (Å²) >= 11 is 0. The van der Waals surface area contributed by atoms with Crippen molar-refractivity contribution in [3.8, 4) is 0 Å². The number of Topliss-reactive ketones (excluding diaryl/α,β-unsaturated/α-hetero) is 4. The Hall–Kier alpha value is -5.33. The van der Waals surface area contributed by atoms with E-state index in [1.165, 1.54) is 49.7 Å². The van der Waals surface area contributed by atoms with Gasteiger partial charge in [-0.3, -0.25) is 52.7 Å². The van der Waals surface area contributed by atoms with Gasteiger partial charge in [0.05, 0.1) is 36.1 Å². The standard InChI is InChI=1S/C59H103N7O12/c1-21-23-24-38(13)54(78-41(16)67)43(56(74)63-44(22-2)47(68)25-26-51(72)61-17)32-50(71)53(37(11)12)66(20)58(76)42(27-33(3)4)31-49(70)46(29-35(7)8)64(18)57(75)40(15)62-55(73)39(14)30-48(69)45(28-34(5)6)65(19)59(77)52(60)36(9)10/h21,23,33-40,42-46,52-54H,22,24-32,60H2,1-20H3,(H,61,72)(H,62,73)(H,63,74)/b23-21+/t38-,39-,40-,42-,43+,44+,45+,46+,52+,53+,54-/m1/s1. The lowest BCUT2D eigenvalue weighted by Gasteiger charge is -2.36. The van der Waals surface area contributed by atoms with Crippen molar-refractivity contribution in [2.75, 3.05) is 28.2 Å². The van der Waals surface area contributed by atoms with E-state index < -0.39 is 120 Å². The van der Waals surface area contributed by atoms with Crippen LogP contribution in [0.4, 0.5) is 0 Å². The fourth-order valence-electron chi connectivity index (χ4n) is 9.86. The first-order chi connectivity index (χ1) is 36.1. The number of rotatable bonds is 37. The molecule has 446 valence electrons. The number of carbonyl (C=O) groups is 11. The monoisotopic (exact) mass is 1100 g/mol. The Labute approximate surface area is 467 Å². The van der Waals surface area contributed by atoms with E-state index in [4.69, 9.17) is 10.5 Å². The van der Waals surface area contributed by atoms with Crippen molar-refractivity contribution in [2.24, 2.45) is 59.0 Å². The Bertz CT molecular complexity index is 2050. The van der Waals surface area contributed by atoms with E-state index in [0.717, 1.165) is 0 Å².